The lowest BCUT2D eigenvalue weighted by atomic mass is 9.84. The molecule has 1 saturated carbocycles. The third-order valence-corrected chi connectivity index (χ3v) is 6.00. The van der Waals surface area contributed by atoms with Crippen molar-refractivity contribution in [3.05, 3.63) is 77.0 Å². The number of hydrogen-bond acceptors (Lipinski definition) is 2. The number of rotatable bonds is 5. The molecule has 0 unspecified atom stereocenters. The zero-order valence-electron chi connectivity index (χ0n) is 19.2. The fraction of sp³-hybridized carbons (Fsp3) is 0.407. The Bertz CT molecular complexity index is 912. The largest absolute Gasteiger partial charge is 0.339 e. The van der Waals surface area contributed by atoms with Crippen LogP contribution in [-0.4, -0.2) is 11.7 Å². The Kier molecular flexibility index (Phi) is 7.67. The van der Waals surface area contributed by atoms with Crippen LogP contribution in [0.2, 0.25) is 0 Å². The van der Waals surface area contributed by atoms with Crippen LogP contribution in [-0.2, 0) is 5.41 Å². The Hall–Kier alpha value is -2.88. The number of nitrogens with zero attached hydrogens (tertiary/aromatic N) is 1. The molecule has 0 saturated heterocycles. The van der Waals surface area contributed by atoms with Crippen molar-refractivity contribution in [2.24, 2.45) is 5.10 Å². The Morgan fingerprint density at radius 2 is 1.61 bits per heavy atom. The Balaban J connectivity index is 1.49. The maximum absolute atomic E-state index is 12.0. The minimum Gasteiger partial charge on any atom is -0.313 e. The molecule has 0 heterocycles. The monoisotopic (exact) mass is 417 g/mol. The number of carbonyl (C=O) groups is 1. The third-order valence-electron chi connectivity index (χ3n) is 6.00. The summed E-state index contributed by atoms with van der Waals surface area (Å²) < 4.78 is 0. The van der Waals surface area contributed by atoms with Crippen molar-refractivity contribution in [1.82, 2.24) is 10.7 Å². The molecule has 1 fully saturated rings. The molecule has 0 spiro atoms. The molecule has 2 amide bonds. The molecule has 0 bridgehead atoms. The van der Waals surface area contributed by atoms with Crippen LogP contribution < -0.4 is 10.7 Å². The van der Waals surface area contributed by atoms with Gasteiger partial charge < -0.3 is 5.32 Å². The zero-order chi connectivity index (χ0) is 22.3. The summed E-state index contributed by atoms with van der Waals surface area (Å²) in [4.78, 5) is 12.0. The Morgan fingerprint density at radius 3 is 2.23 bits per heavy atom. The van der Waals surface area contributed by atoms with E-state index in [4.69, 9.17) is 0 Å². The molecule has 0 aliphatic heterocycles. The van der Waals surface area contributed by atoms with Crippen molar-refractivity contribution < 1.29 is 4.79 Å². The van der Waals surface area contributed by atoms with E-state index in [1.165, 1.54) is 43.2 Å². The molecular weight excluding hydrogens is 382 g/mol. The van der Waals surface area contributed by atoms with Crippen molar-refractivity contribution in [1.29, 1.82) is 0 Å². The van der Waals surface area contributed by atoms with Crippen LogP contribution in [0.15, 0.2) is 59.8 Å². The van der Waals surface area contributed by atoms with Crippen molar-refractivity contribution >= 4 is 17.8 Å². The molecule has 3 rings (SSSR count). The van der Waals surface area contributed by atoms with Gasteiger partial charge in [-0.15, -0.1) is 0 Å². The number of carbonyl (C=O) groups excluding carboxylic acids is 1. The fourth-order valence-corrected chi connectivity index (χ4v) is 3.97. The van der Waals surface area contributed by atoms with Crippen LogP contribution in [0.1, 0.15) is 88.0 Å². The maximum Gasteiger partial charge on any atom is 0.339 e. The highest BCUT2D eigenvalue weighted by molar-refractivity contribution is 5.99. The summed E-state index contributed by atoms with van der Waals surface area (Å²) in [6.07, 6.45) is 10.1. The number of benzene rings is 2. The number of hydrazone groups is 1. The topological polar surface area (TPSA) is 53.5 Å². The summed E-state index contributed by atoms with van der Waals surface area (Å²) in [5, 5.41) is 6.92. The first kappa shape index (κ1) is 22.8. The van der Waals surface area contributed by atoms with Gasteiger partial charge in [-0.05, 0) is 59.4 Å². The highest BCUT2D eigenvalue weighted by Gasteiger charge is 2.15. The van der Waals surface area contributed by atoms with E-state index in [1.54, 1.807) is 6.20 Å². The van der Waals surface area contributed by atoms with E-state index < -0.39 is 0 Å². The molecule has 1 aliphatic rings. The Labute approximate surface area is 186 Å². The average molecular weight is 418 g/mol. The van der Waals surface area contributed by atoms with Crippen LogP contribution in [0.4, 0.5) is 4.79 Å². The van der Waals surface area contributed by atoms with Gasteiger partial charge in [-0.3, -0.25) is 0 Å². The highest BCUT2D eigenvalue weighted by Crippen LogP contribution is 2.32. The lowest BCUT2D eigenvalue weighted by Crippen LogP contribution is -2.28. The molecule has 0 radical (unpaired) electrons. The molecule has 2 aromatic rings. The molecular formula is C27H35N3O. The van der Waals surface area contributed by atoms with Crippen molar-refractivity contribution in [2.45, 2.75) is 71.1 Å². The molecule has 164 valence electrons. The normalized spacial score (nSPS) is 15.8. The summed E-state index contributed by atoms with van der Waals surface area (Å²) in [5.41, 5.74) is 8.24. The lowest BCUT2D eigenvalue weighted by Gasteiger charge is -2.22. The lowest BCUT2D eigenvalue weighted by molar-refractivity contribution is 0.244. The van der Waals surface area contributed by atoms with E-state index in [2.05, 4.69) is 85.1 Å². The highest BCUT2D eigenvalue weighted by atomic mass is 16.2. The molecule has 4 nitrogen and oxygen atoms in total. The first-order valence-electron chi connectivity index (χ1n) is 11.3. The first-order valence-corrected chi connectivity index (χ1v) is 11.3. The molecule has 2 aromatic carbocycles. The summed E-state index contributed by atoms with van der Waals surface area (Å²) in [5.74, 6) is 0.695. The predicted octanol–water partition coefficient (Wildman–Crippen LogP) is 6.73. The summed E-state index contributed by atoms with van der Waals surface area (Å²) in [6, 6.07) is 16.6. The number of nitrogens with one attached hydrogen (secondary N) is 2. The second-order valence-electron chi connectivity index (χ2n) is 9.44. The van der Waals surface area contributed by atoms with Crippen molar-refractivity contribution in [3.63, 3.8) is 0 Å². The Morgan fingerprint density at radius 1 is 0.968 bits per heavy atom. The fourth-order valence-electron chi connectivity index (χ4n) is 3.97. The molecule has 31 heavy (non-hydrogen) atoms. The summed E-state index contributed by atoms with van der Waals surface area (Å²) in [7, 11) is 0. The van der Waals surface area contributed by atoms with Crippen molar-refractivity contribution in [3.8, 4) is 0 Å². The van der Waals surface area contributed by atoms with Gasteiger partial charge in [-0.1, -0.05) is 88.6 Å². The first-order chi connectivity index (χ1) is 14.8. The van der Waals surface area contributed by atoms with Crippen LogP contribution in [0.5, 0.6) is 0 Å². The summed E-state index contributed by atoms with van der Waals surface area (Å²) >= 11 is 0. The molecule has 2 N–H and O–H groups in total. The minimum atomic E-state index is -0.360. The van der Waals surface area contributed by atoms with Crippen LogP contribution in [0, 0.1) is 0 Å². The van der Waals surface area contributed by atoms with Gasteiger partial charge in [0, 0.05) is 6.20 Å². The second kappa shape index (κ2) is 10.4. The average Bonchev–Trinajstić information content (AvgIpc) is 2.78. The number of amides is 2. The predicted molar refractivity (Wildman–Crippen MR) is 130 cm³/mol. The SMILES string of the molecule is C/C(=N\NC(=O)N/C=C/c1ccc(C(C)(C)C)cc1)c1ccc(C2CCCCC2)cc1. The van der Waals surface area contributed by atoms with E-state index >= 15 is 0 Å². The quantitative estimate of drug-likeness (QED) is 0.411. The van der Waals surface area contributed by atoms with Gasteiger partial charge in [0.25, 0.3) is 0 Å². The second-order valence-corrected chi connectivity index (χ2v) is 9.44. The van der Waals surface area contributed by atoms with Gasteiger partial charge >= 0.3 is 6.03 Å². The standard InChI is InChI=1S/C27H35N3O/c1-20(22-12-14-24(15-13-22)23-8-6-5-7-9-23)29-30-26(31)28-19-18-21-10-16-25(17-11-21)27(2,3)4/h10-19,23H,5-9H2,1-4H3,(H2,28,30,31)/b19-18+,29-20+. The summed E-state index contributed by atoms with van der Waals surface area (Å²) in [6.45, 7) is 8.48. The smallest absolute Gasteiger partial charge is 0.313 e. The van der Waals surface area contributed by atoms with Gasteiger partial charge in [0.05, 0.1) is 5.71 Å². The zero-order valence-corrected chi connectivity index (χ0v) is 19.2. The van der Waals surface area contributed by atoms with Crippen LogP contribution >= 0.6 is 0 Å². The van der Waals surface area contributed by atoms with E-state index in [1.807, 2.05) is 13.0 Å². The minimum absolute atomic E-state index is 0.131. The van der Waals surface area contributed by atoms with Gasteiger partial charge in [0.15, 0.2) is 0 Å². The maximum atomic E-state index is 12.0. The third kappa shape index (κ3) is 6.81. The van der Waals surface area contributed by atoms with E-state index in [0.29, 0.717) is 5.92 Å². The van der Waals surface area contributed by atoms with E-state index in [9.17, 15) is 4.79 Å². The molecule has 4 heteroatoms. The number of hydrogen-bond donors (Lipinski definition) is 2. The van der Waals surface area contributed by atoms with Gasteiger partial charge in [-0.2, -0.15) is 5.10 Å². The molecule has 0 aromatic heterocycles. The number of urea groups is 1. The van der Waals surface area contributed by atoms with Gasteiger partial charge in [0.1, 0.15) is 0 Å². The van der Waals surface area contributed by atoms with E-state index in [0.717, 1.165) is 16.8 Å². The van der Waals surface area contributed by atoms with Crippen LogP contribution in [0.25, 0.3) is 6.08 Å². The molecule has 1 aliphatic carbocycles. The van der Waals surface area contributed by atoms with Crippen LogP contribution in [0.3, 0.4) is 0 Å². The van der Waals surface area contributed by atoms with Gasteiger partial charge in [0.2, 0.25) is 0 Å². The van der Waals surface area contributed by atoms with E-state index in [-0.39, 0.29) is 11.4 Å². The van der Waals surface area contributed by atoms with Crippen molar-refractivity contribution in [2.75, 3.05) is 0 Å². The molecule has 0 atom stereocenters. The van der Waals surface area contributed by atoms with Gasteiger partial charge in [-0.25, -0.2) is 10.2 Å².